The van der Waals surface area contributed by atoms with Crippen molar-refractivity contribution in [2.24, 2.45) is 39.4 Å². The second kappa shape index (κ2) is 71.2. The van der Waals surface area contributed by atoms with Crippen LogP contribution in [0, 0.1) is 39.4 Å². The van der Waals surface area contributed by atoms with Gasteiger partial charge in [-0.1, -0.05) is 263 Å². The van der Waals surface area contributed by atoms with Crippen LogP contribution in [-0.4, -0.2) is 116 Å². The molecule has 8 aromatic carbocycles. The SMILES string of the molecule is CC(C)C(=O)OC1CCOC1=O.CC(C)C(=O)OCc1ccccc1.CC(C)C(=O)Oc1ccc(-c2ccccc2)cc1.CCC(C)(C)C(=O)OC(C)(C)C.CCC(C)(C)C(=O)OC(C)(C)C.CCC(C)(C)C(=O)OC(C)(C)C.CCC(C)(C)C(=O)OC1CCCCC1.CCc1ccc(O)cc1.CCc1ccc(O)cc1.CCc1ccc(O)cc1.CCc1ccc(O)cc1.CCc1ccc(OC(C)OC2CCCCC2)cc1. The van der Waals surface area contributed by atoms with Crippen LogP contribution in [0.4, 0.5) is 0 Å². The molecule has 820 valence electrons. The molecule has 8 aromatic rings. The number of ether oxygens (including phenoxy) is 10. The number of carbonyl (C=O) groups is 8. The van der Waals surface area contributed by atoms with Crippen molar-refractivity contribution in [1.29, 1.82) is 0 Å². The number of esters is 8. The van der Waals surface area contributed by atoms with Gasteiger partial charge in [-0.15, -0.1) is 0 Å². The number of phenolic OH excluding ortho intramolecular Hbond substituents is 4. The lowest BCUT2D eigenvalue weighted by Gasteiger charge is -2.27. The fourth-order valence-corrected chi connectivity index (χ4v) is 12.1. The highest BCUT2D eigenvalue weighted by molar-refractivity contribution is 5.81. The molecule has 0 bridgehead atoms. The fraction of sp³-hybridized carbons (Fsp3) is 0.552. The van der Waals surface area contributed by atoms with Crippen molar-refractivity contribution in [2.45, 2.75) is 405 Å². The smallest absolute Gasteiger partial charge is 0.347 e. The number of aromatic hydroxyl groups is 4. The first kappa shape index (κ1) is 135. The fourth-order valence-electron chi connectivity index (χ4n) is 12.1. The summed E-state index contributed by atoms with van der Waals surface area (Å²) >= 11 is 0. The van der Waals surface area contributed by atoms with E-state index in [2.05, 4.69) is 63.6 Å². The lowest BCUT2D eigenvalue weighted by Crippen LogP contribution is -2.33. The normalized spacial score (nSPS) is 13.6. The molecule has 22 heteroatoms. The Morgan fingerprint density at radius 3 is 0.905 bits per heavy atom. The van der Waals surface area contributed by atoms with Gasteiger partial charge < -0.3 is 67.8 Å². The lowest BCUT2D eigenvalue weighted by molar-refractivity contribution is -0.166. The van der Waals surface area contributed by atoms with E-state index in [1.807, 2.05) is 313 Å². The van der Waals surface area contributed by atoms with Crippen LogP contribution in [0.25, 0.3) is 11.1 Å². The van der Waals surface area contributed by atoms with Crippen molar-refractivity contribution < 1.29 is 106 Å². The minimum atomic E-state index is -0.667. The van der Waals surface area contributed by atoms with Gasteiger partial charge in [0.1, 0.15) is 64.0 Å². The Morgan fingerprint density at radius 1 is 0.320 bits per heavy atom. The van der Waals surface area contributed by atoms with E-state index in [4.69, 9.17) is 63.1 Å². The molecular formula is C125H188O22. The molecule has 0 aromatic heterocycles. The third-order valence-electron chi connectivity index (χ3n) is 23.7. The number of cyclic esters (lactones) is 1. The highest BCUT2D eigenvalue weighted by Crippen LogP contribution is 2.32. The zero-order valence-corrected chi connectivity index (χ0v) is 95.9. The summed E-state index contributed by atoms with van der Waals surface area (Å²) in [4.78, 5) is 90.6. The van der Waals surface area contributed by atoms with Crippen molar-refractivity contribution in [1.82, 2.24) is 0 Å². The van der Waals surface area contributed by atoms with Gasteiger partial charge in [-0.25, -0.2) is 4.79 Å². The summed E-state index contributed by atoms with van der Waals surface area (Å²) in [5.74, 6) is 0.997. The molecule has 11 rings (SSSR count). The molecular weight excluding hydrogens is 1850 g/mol. The first-order valence-corrected chi connectivity index (χ1v) is 53.1. The number of rotatable bonds is 26. The molecule has 2 aliphatic carbocycles. The monoisotopic (exact) mass is 2040 g/mol. The topological polar surface area (TPSA) is 310 Å². The quantitative estimate of drug-likeness (QED) is 0.0169. The van der Waals surface area contributed by atoms with Crippen LogP contribution in [0.3, 0.4) is 0 Å². The molecule has 2 unspecified atom stereocenters. The van der Waals surface area contributed by atoms with Crippen LogP contribution < -0.4 is 9.47 Å². The number of phenols is 4. The molecule has 0 amide bonds. The Hall–Kier alpha value is -11.5. The van der Waals surface area contributed by atoms with Gasteiger partial charge in [-0.3, -0.25) is 33.6 Å². The predicted octanol–water partition coefficient (Wildman–Crippen LogP) is 30.5. The summed E-state index contributed by atoms with van der Waals surface area (Å²) in [7, 11) is 0. The van der Waals surface area contributed by atoms with E-state index in [-0.39, 0.29) is 110 Å². The second-order valence-electron chi connectivity index (χ2n) is 43.0. The Bertz CT molecular complexity index is 4610. The molecule has 1 aliphatic heterocycles. The average Bonchev–Trinajstić information content (AvgIpc) is 1.78. The van der Waals surface area contributed by atoms with Crippen LogP contribution in [0.15, 0.2) is 206 Å². The van der Waals surface area contributed by atoms with Gasteiger partial charge in [0.25, 0.3) is 0 Å². The molecule has 147 heavy (non-hydrogen) atoms. The van der Waals surface area contributed by atoms with E-state index in [9.17, 15) is 38.4 Å². The summed E-state index contributed by atoms with van der Waals surface area (Å²) in [6.45, 7) is 64.3. The van der Waals surface area contributed by atoms with Gasteiger partial charge in [0.15, 0.2) is 6.29 Å². The van der Waals surface area contributed by atoms with Crippen LogP contribution in [-0.2, 0) is 115 Å². The number of carbonyl (C=O) groups excluding carboxylic acids is 8. The van der Waals surface area contributed by atoms with E-state index in [0.717, 1.165) is 93.1 Å². The molecule has 2 atom stereocenters. The maximum absolute atomic E-state index is 11.7. The summed E-state index contributed by atoms with van der Waals surface area (Å²) in [5.41, 5.74) is 7.17. The molecule has 1 saturated heterocycles. The van der Waals surface area contributed by atoms with Gasteiger partial charge >= 0.3 is 47.8 Å². The molecule has 1 heterocycles. The first-order chi connectivity index (χ1) is 68.7. The van der Waals surface area contributed by atoms with Crippen molar-refractivity contribution in [3.8, 4) is 45.6 Å². The van der Waals surface area contributed by atoms with E-state index < -0.39 is 12.1 Å². The Labute approximate surface area is 885 Å². The van der Waals surface area contributed by atoms with Crippen LogP contribution in [0.2, 0.25) is 0 Å². The zero-order valence-electron chi connectivity index (χ0n) is 95.9. The molecule has 3 aliphatic rings. The molecule has 4 N–H and O–H groups in total. The van der Waals surface area contributed by atoms with Crippen LogP contribution in [0.1, 0.15) is 358 Å². The minimum absolute atomic E-state index is 0.0214. The van der Waals surface area contributed by atoms with Crippen molar-refractivity contribution in [3.05, 3.63) is 240 Å². The molecule has 3 fully saturated rings. The maximum atomic E-state index is 11.7. The molecule has 0 spiro atoms. The summed E-state index contributed by atoms with van der Waals surface area (Å²) in [6, 6.07) is 64.7. The highest BCUT2D eigenvalue weighted by atomic mass is 16.7. The minimum Gasteiger partial charge on any atom is -0.508 e. The molecule has 22 nitrogen and oxygen atoms in total. The second-order valence-corrected chi connectivity index (χ2v) is 43.0. The van der Waals surface area contributed by atoms with Gasteiger partial charge in [-0.05, 0) is 338 Å². The van der Waals surface area contributed by atoms with Crippen LogP contribution >= 0.6 is 0 Å². The van der Waals surface area contributed by atoms with Crippen molar-refractivity contribution in [2.75, 3.05) is 6.61 Å². The van der Waals surface area contributed by atoms with Gasteiger partial charge in [-0.2, -0.15) is 0 Å². The largest absolute Gasteiger partial charge is 0.508 e. The Balaban J connectivity index is 0.00000159. The van der Waals surface area contributed by atoms with Gasteiger partial charge in [0, 0.05) is 6.42 Å². The number of aryl methyl sites for hydroxylation is 5. The molecule has 2 saturated carbocycles. The third kappa shape index (κ3) is 63.7. The average molecular weight is 2040 g/mol. The van der Waals surface area contributed by atoms with Crippen molar-refractivity contribution in [3.63, 3.8) is 0 Å². The van der Waals surface area contributed by atoms with E-state index in [0.29, 0.717) is 54.5 Å². The first-order valence-electron chi connectivity index (χ1n) is 53.1. The van der Waals surface area contributed by atoms with Gasteiger partial charge in [0.2, 0.25) is 6.10 Å². The summed E-state index contributed by atoms with van der Waals surface area (Å²) < 4.78 is 52.8. The standard InChI is InChI=1S/C16H16O2.C16H24O2.C12H22O2.C11H14O2.3C10H20O2.C8H12O4.4C8H10O/c1-12(2)16(17)18-15-10-8-14(9-11-15)13-6-4-3-5-7-13;1-3-14-9-11-16(12-10-14)18-13(2)17-15-7-5-4-6-8-15;1-4-12(2,3)11(13)14-10-8-6-5-7-9-10;1-9(2)11(12)13-8-10-6-4-3-5-7-10;3*1-7-10(5,6)8(11)12-9(2,3)4;1-5(2)7(9)12-6-3-4-11-8(6)10;4*1-2-7-3-5-8(9)6-4-7/h3-12H,1-2H3;9-13,15H,3-8H2,1-2H3;10H,4-9H2,1-3H3;3-7,9H,8H2,1-2H3;3*7H2,1-6H3;5-6H,3-4H2,1-2H3;4*3-6,9H,2H2,1H3. The van der Waals surface area contributed by atoms with E-state index in [1.165, 1.54) is 79.2 Å². The summed E-state index contributed by atoms with van der Waals surface area (Å²) in [6.07, 6.45) is 20.9. The zero-order chi connectivity index (χ0) is 112. The Morgan fingerprint density at radius 2 is 0.612 bits per heavy atom. The Kier molecular flexibility index (Phi) is 65.6. The summed E-state index contributed by atoms with van der Waals surface area (Å²) in [5, 5.41) is 35.4. The van der Waals surface area contributed by atoms with Crippen LogP contribution in [0.5, 0.6) is 34.5 Å². The number of hydrogen-bond donors (Lipinski definition) is 4. The maximum Gasteiger partial charge on any atom is 0.347 e. The third-order valence-corrected chi connectivity index (χ3v) is 23.7. The van der Waals surface area contributed by atoms with Gasteiger partial charge in [0.05, 0.1) is 52.1 Å². The molecule has 0 radical (unpaired) electrons. The van der Waals surface area contributed by atoms with E-state index >= 15 is 0 Å². The number of benzene rings is 8. The number of hydrogen-bond acceptors (Lipinski definition) is 22. The van der Waals surface area contributed by atoms with Crippen molar-refractivity contribution >= 4 is 47.8 Å². The predicted molar refractivity (Wildman–Crippen MR) is 594 cm³/mol. The van der Waals surface area contributed by atoms with E-state index in [1.54, 1.807) is 62.4 Å². The highest BCUT2D eigenvalue weighted by Gasteiger charge is 2.35. The lowest BCUT2D eigenvalue weighted by atomic mass is 9.90.